The zero-order chi connectivity index (χ0) is 22.8. The van der Waals surface area contributed by atoms with E-state index < -0.39 is 0 Å². The van der Waals surface area contributed by atoms with E-state index in [1.807, 2.05) is 59.5 Å². The van der Waals surface area contributed by atoms with E-state index in [1.165, 1.54) is 0 Å². The predicted octanol–water partition coefficient (Wildman–Crippen LogP) is 3.58. The van der Waals surface area contributed by atoms with Gasteiger partial charge < -0.3 is 14.5 Å². The predicted molar refractivity (Wildman–Crippen MR) is 127 cm³/mol. The van der Waals surface area contributed by atoms with Crippen molar-refractivity contribution < 1.29 is 9.53 Å². The number of aromatic nitrogens is 4. The lowest BCUT2D eigenvalue weighted by Crippen LogP contribution is -2.49. The second kappa shape index (κ2) is 9.17. The summed E-state index contributed by atoms with van der Waals surface area (Å²) in [4.78, 5) is 26.4. The van der Waals surface area contributed by atoms with E-state index in [4.69, 9.17) is 26.3 Å². The van der Waals surface area contributed by atoms with Crippen LogP contribution in [0.1, 0.15) is 16.2 Å². The third-order valence-electron chi connectivity index (χ3n) is 5.70. The molecule has 0 saturated carbocycles. The molecule has 1 saturated heterocycles. The molecule has 1 aliphatic rings. The number of carbonyl (C=O) groups excluding carboxylic acids is 1. The fourth-order valence-electron chi connectivity index (χ4n) is 4.06. The molecular weight excluding hydrogens is 440 g/mol. The van der Waals surface area contributed by atoms with Crippen LogP contribution in [0.5, 0.6) is 0 Å². The maximum Gasteiger partial charge on any atom is 0.253 e. The second-order valence-electron chi connectivity index (χ2n) is 7.79. The van der Waals surface area contributed by atoms with Crippen molar-refractivity contribution in [1.82, 2.24) is 24.6 Å². The topological polar surface area (TPSA) is 76.4 Å². The van der Waals surface area contributed by atoms with Crippen LogP contribution in [0.25, 0.3) is 16.7 Å². The molecule has 3 heterocycles. The summed E-state index contributed by atoms with van der Waals surface area (Å²) in [6, 6.07) is 16.9. The van der Waals surface area contributed by atoms with Crippen LogP contribution in [0.15, 0.2) is 60.8 Å². The molecule has 0 spiro atoms. The van der Waals surface area contributed by atoms with E-state index in [2.05, 4.69) is 10.00 Å². The molecule has 5 rings (SSSR count). The number of piperazine rings is 1. The molecule has 4 aromatic rings. The molecule has 2 aromatic carbocycles. The van der Waals surface area contributed by atoms with E-state index in [0.29, 0.717) is 48.2 Å². The normalized spacial score (nSPS) is 14.1. The first-order valence-electron chi connectivity index (χ1n) is 10.7. The van der Waals surface area contributed by atoms with Crippen molar-refractivity contribution in [3.8, 4) is 5.69 Å². The molecule has 168 valence electrons. The fourth-order valence-corrected chi connectivity index (χ4v) is 4.27. The lowest BCUT2D eigenvalue weighted by atomic mass is 10.2. The number of nitrogens with zero attached hydrogens (tertiary/aromatic N) is 6. The van der Waals surface area contributed by atoms with E-state index in [0.717, 1.165) is 16.9 Å². The highest BCUT2D eigenvalue weighted by Crippen LogP contribution is 2.29. The quantitative estimate of drug-likeness (QED) is 0.451. The van der Waals surface area contributed by atoms with Crippen LogP contribution in [0.2, 0.25) is 5.02 Å². The number of methoxy groups -OCH3 is 1. The van der Waals surface area contributed by atoms with Crippen molar-refractivity contribution in [2.45, 2.75) is 6.61 Å². The molecule has 0 radical (unpaired) electrons. The van der Waals surface area contributed by atoms with Crippen molar-refractivity contribution in [1.29, 1.82) is 0 Å². The number of hydrogen-bond donors (Lipinski definition) is 0. The van der Waals surface area contributed by atoms with Gasteiger partial charge in [0.05, 0.1) is 22.3 Å². The van der Waals surface area contributed by atoms with Gasteiger partial charge in [-0.25, -0.2) is 14.6 Å². The average Bonchev–Trinajstić information content (AvgIpc) is 3.28. The first-order valence-corrected chi connectivity index (χ1v) is 11.1. The lowest BCUT2D eigenvalue weighted by molar-refractivity contribution is 0.0746. The van der Waals surface area contributed by atoms with Gasteiger partial charge in [-0.3, -0.25) is 4.79 Å². The van der Waals surface area contributed by atoms with Gasteiger partial charge in [-0.15, -0.1) is 0 Å². The number of rotatable bonds is 5. The fraction of sp³-hybridized carbons (Fsp3) is 0.250. The maximum absolute atomic E-state index is 12.8. The Morgan fingerprint density at radius 3 is 2.45 bits per heavy atom. The summed E-state index contributed by atoms with van der Waals surface area (Å²) >= 11 is 6.42. The zero-order valence-corrected chi connectivity index (χ0v) is 18.9. The van der Waals surface area contributed by atoms with Crippen LogP contribution in [-0.2, 0) is 11.3 Å². The van der Waals surface area contributed by atoms with Gasteiger partial charge in [0.25, 0.3) is 5.91 Å². The molecular formula is C24H23ClN6O2. The Labute approximate surface area is 196 Å². The summed E-state index contributed by atoms with van der Waals surface area (Å²) in [6.07, 6.45) is 1.77. The second-order valence-corrected chi connectivity index (χ2v) is 8.19. The van der Waals surface area contributed by atoms with Gasteiger partial charge in [0.2, 0.25) is 0 Å². The van der Waals surface area contributed by atoms with Crippen LogP contribution < -0.4 is 4.90 Å². The van der Waals surface area contributed by atoms with Crippen LogP contribution in [0.3, 0.4) is 0 Å². The molecule has 1 amide bonds. The van der Waals surface area contributed by atoms with Crippen molar-refractivity contribution in [2.24, 2.45) is 0 Å². The Hall–Kier alpha value is -3.49. The molecule has 8 nitrogen and oxygen atoms in total. The number of anilines is 1. The molecule has 1 aliphatic heterocycles. The highest BCUT2D eigenvalue weighted by Gasteiger charge is 2.26. The minimum absolute atomic E-state index is 0.0506. The van der Waals surface area contributed by atoms with Crippen LogP contribution in [0.4, 0.5) is 5.82 Å². The highest BCUT2D eigenvalue weighted by atomic mass is 35.5. The average molecular weight is 463 g/mol. The van der Waals surface area contributed by atoms with Crippen molar-refractivity contribution >= 4 is 34.4 Å². The molecule has 0 aliphatic carbocycles. The summed E-state index contributed by atoms with van der Waals surface area (Å²) in [5.41, 5.74) is 2.13. The maximum atomic E-state index is 12.8. The molecule has 0 bridgehead atoms. The number of halogens is 1. The van der Waals surface area contributed by atoms with Crippen molar-refractivity contribution in [3.05, 3.63) is 77.2 Å². The van der Waals surface area contributed by atoms with Crippen LogP contribution in [-0.4, -0.2) is 63.8 Å². The Kier molecular flexibility index (Phi) is 5.93. The molecule has 2 aromatic heterocycles. The standard InChI is InChI=1S/C24H23ClN6O2/c1-33-16-21-27-22(18-15-26-31(23(18)28-21)20-10-6-5-9-19(20)25)29-11-13-30(14-12-29)24(32)17-7-3-2-4-8-17/h2-10,15H,11-14,16H2,1H3. The molecule has 0 unspecified atom stereocenters. The Balaban J connectivity index is 1.46. The minimum Gasteiger partial charge on any atom is -0.377 e. The third kappa shape index (κ3) is 4.15. The third-order valence-corrected chi connectivity index (χ3v) is 6.02. The van der Waals surface area contributed by atoms with Gasteiger partial charge in [-0.1, -0.05) is 41.9 Å². The molecule has 0 N–H and O–H groups in total. The number of amides is 1. The summed E-state index contributed by atoms with van der Waals surface area (Å²) in [5.74, 6) is 1.41. The monoisotopic (exact) mass is 462 g/mol. The number of fused-ring (bicyclic) bond motifs is 1. The molecule has 33 heavy (non-hydrogen) atoms. The van der Waals surface area contributed by atoms with E-state index >= 15 is 0 Å². The number of para-hydroxylation sites is 1. The highest BCUT2D eigenvalue weighted by molar-refractivity contribution is 6.32. The van der Waals surface area contributed by atoms with E-state index in [9.17, 15) is 4.79 Å². The van der Waals surface area contributed by atoms with Crippen LogP contribution in [0, 0.1) is 0 Å². The molecule has 1 fully saturated rings. The van der Waals surface area contributed by atoms with Gasteiger partial charge in [-0.05, 0) is 24.3 Å². The van der Waals surface area contributed by atoms with Gasteiger partial charge >= 0.3 is 0 Å². The van der Waals surface area contributed by atoms with Gasteiger partial charge in [0.15, 0.2) is 11.5 Å². The zero-order valence-electron chi connectivity index (χ0n) is 18.2. The van der Waals surface area contributed by atoms with E-state index in [1.54, 1.807) is 18.0 Å². The first-order chi connectivity index (χ1) is 16.2. The summed E-state index contributed by atoms with van der Waals surface area (Å²) in [7, 11) is 1.62. The van der Waals surface area contributed by atoms with Gasteiger partial charge in [0.1, 0.15) is 12.4 Å². The SMILES string of the molecule is COCc1nc(N2CCN(C(=O)c3ccccc3)CC2)c2cnn(-c3ccccc3Cl)c2n1. The molecule has 0 atom stereocenters. The van der Waals surface area contributed by atoms with Gasteiger partial charge in [-0.2, -0.15) is 5.10 Å². The van der Waals surface area contributed by atoms with Crippen LogP contribution >= 0.6 is 11.6 Å². The lowest BCUT2D eigenvalue weighted by Gasteiger charge is -2.35. The number of carbonyl (C=O) groups is 1. The smallest absolute Gasteiger partial charge is 0.253 e. The number of hydrogen-bond acceptors (Lipinski definition) is 6. The Morgan fingerprint density at radius 2 is 1.73 bits per heavy atom. The minimum atomic E-state index is 0.0506. The number of benzene rings is 2. The molecule has 9 heteroatoms. The number of ether oxygens (including phenoxy) is 1. The van der Waals surface area contributed by atoms with Gasteiger partial charge in [0, 0.05) is 38.9 Å². The summed E-state index contributed by atoms with van der Waals surface area (Å²) in [5, 5.41) is 5.98. The Bertz CT molecular complexity index is 1280. The first kappa shape index (κ1) is 21.4. The summed E-state index contributed by atoms with van der Waals surface area (Å²) in [6.45, 7) is 2.82. The summed E-state index contributed by atoms with van der Waals surface area (Å²) < 4.78 is 7.04. The Morgan fingerprint density at radius 1 is 1.00 bits per heavy atom. The largest absolute Gasteiger partial charge is 0.377 e. The van der Waals surface area contributed by atoms with E-state index in [-0.39, 0.29) is 12.5 Å². The van der Waals surface area contributed by atoms with Crippen molar-refractivity contribution in [3.63, 3.8) is 0 Å². The van der Waals surface area contributed by atoms with Crippen molar-refractivity contribution in [2.75, 3.05) is 38.2 Å².